The van der Waals surface area contributed by atoms with Crippen molar-refractivity contribution in [1.29, 1.82) is 0 Å². The topological polar surface area (TPSA) is 41.6 Å². The van der Waals surface area contributed by atoms with Crippen LogP contribution in [-0.4, -0.2) is 37.1 Å². The number of rotatable bonds is 6. The fourth-order valence-corrected chi connectivity index (χ4v) is 2.28. The fourth-order valence-electron chi connectivity index (χ4n) is 2.28. The zero-order chi connectivity index (χ0) is 13.5. The fraction of sp³-hybridized carbons (Fsp3) is 0.533. The first-order valence-electron chi connectivity index (χ1n) is 6.97. The van der Waals surface area contributed by atoms with Crippen molar-refractivity contribution >= 4 is 11.6 Å². The number of carbonyl (C=O) groups excluding carboxylic acids is 1. The molecule has 4 nitrogen and oxygen atoms in total. The van der Waals surface area contributed by atoms with Gasteiger partial charge in [-0.3, -0.25) is 9.69 Å². The molecule has 1 amide bonds. The van der Waals surface area contributed by atoms with Gasteiger partial charge in [0.25, 0.3) is 0 Å². The SMILES string of the molecule is CCOCC(=O)Nc1ccc(CN2CCCC2)cc1. The summed E-state index contributed by atoms with van der Waals surface area (Å²) in [4.78, 5) is 14.0. The molecule has 0 radical (unpaired) electrons. The number of nitrogens with zero attached hydrogens (tertiary/aromatic N) is 1. The smallest absolute Gasteiger partial charge is 0.250 e. The predicted molar refractivity (Wildman–Crippen MR) is 76.1 cm³/mol. The molecule has 19 heavy (non-hydrogen) atoms. The van der Waals surface area contributed by atoms with Gasteiger partial charge in [0.15, 0.2) is 0 Å². The van der Waals surface area contributed by atoms with Gasteiger partial charge in [-0.1, -0.05) is 12.1 Å². The third kappa shape index (κ3) is 4.65. The maximum atomic E-state index is 11.5. The lowest BCUT2D eigenvalue weighted by Gasteiger charge is -2.14. The first-order valence-corrected chi connectivity index (χ1v) is 6.97. The van der Waals surface area contributed by atoms with Crippen LogP contribution in [0.3, 0.4) is 0 Å². The van der Waals surface area contributed by atoms with Gasteiger partial charge in [-0.25, -0.2) is 0 Å². The van der Waals surface area contributed by atoms with Gasteiger partial charge >= 0.3 is 0 Å². The Morgan fingerprint density at radius 2 is 1.95 bits per heavy atom. The second-order valence-corrected chi connectivity index (χ2v) is 4.87. The number of anilines is 1. The second kappa shape index (κ2) is 7.26. The molecule has 0 aliphatic carbocycles. The highest BCUT2D eigenvalue weighted by atomic mass is 16.5. The van der Waals surface area contributed by atoms with Crippen LogP contribution in [0.4, 0.5) is 5.69 Å². The summed E-state index contributed by atoms with van der Waals surface area (Å²) >= 11 is 0. The monoisotopic (exact) mass is 262 g/mol. The summed E-state index contributed by atoms with van der Waals surface area (Å²) in [5, 5.41) is 2.82. The van der Waals surface area contributed by atoms with Crippen molar-refractivity contribution in [2.45, 2.75) is 26.3 Å². The minimum absolute atomic E-state index is 0.103. The molecule has 0 atom stereocenters. The lowest BCUT2D eigenvalue weighted by molar-refractivity contribution is -0.120. The summed E-state index contributed by atoms with van der Waals surface area (Å²) in [5.74, 6) is -0.103. The van der Waals surface area contributed by atoms with Crippen LogP contribution < -0.4 is 5.32 Å². The van der Waals surface area contributed by atoms with Crippen LogP contribution >= 0.6 is 0 Å². The van der Waals surface area contributed by atoms with Gasteiger partial charge < -0.3 is 10.1 Å². The molecule has 2 rings (SSSR count). The van der Waals surface area contributed by atoms with Gasteiger partial charge in [0, 0.05) is 18.8 Å². The molecule has 0 spiro atoms. The van der Waals surface area contributed by atoms with E-state index in [4.69, 9.17) is 4.74 Å². The van der Waals surface area contributed by atoms with E-state index in [0.717, 1.165) is 12.2 Å². The molecule has 1 aromatic rings. The number of hydrogen-bond donors (Lipinski definition) is 1. The highest BCUT2D eigenvalue weighted by molar-refractivity contribution is 5.91. The van der Waals surface area contributed by atoms with E-state index in [1.165, 1.54) is 31.5 Å². The molecular weight excluding hydrogens is 240 g/mol. The average molecular weight is 262 g/mol. The van der Waals surface area contributed by atoms with Gasteiger partial charge in [0.05, 0.1) is 0 Å². The van der Waals surface area contributed by atoms with E-state index in [1.54, 1.807) is 0 Å². The van der Waals surface area contributed by atoms with E-state index in [2.05, 4.69) is 22.3 Å². The Morgan fingerprint density at radius 1 is 1.26 bits per heavy atom. The molecule has 1 N–H and O–H groups in total. The van der Waals surface area contributed by atoms with Crippen LogP contribution in [0.25, 0.3) is 0 Å². The zero-order valence-electron chi connectivity index (χ0n) is 11.5. The number of amides is 1. The number of nitrogens with one attached hydrogen (secondary N) is 1. The molecule has 0 unspecified atom stereocenters. The molecule has 1 aliphatic heterocycles. The van der Waals surface area contributed by atoms with E-state index in [9.17, 15) is 4.79 Å². The van der Waals surface area contributed by atoms with Crippen LogP contribution in [0.5, 0.6) is 0 Å². The van der Waals surface area contributed by atoms with Gasteiger partial charge in [-0.15, -0.1) is 0 Å². The first kappa shape index (κ1) is 14.0. The van der Waals surface area contributed by atoms with Crippen molar-refractivity contribution in [1.82, 2.24) is 4.90 Å². The van der Waals surface area contributed by atoms with Gasteiger partial charge in [-0.2, -0.15) is 0 Å². The molecule has 1 saturated heterocycles. The molecule has 0 aromatic heterocycles. The van der Waals surface area contributed by atoms with Crippen molar-refractivity contribution in [2.24, 2.45) is 0 Å². The third-order valence-electron chi connectivity index (χ3n) is 3.28. The highest BCUT2D eigenvalue weighted by Crippen LogP contribution is 2.15. The molecule has 0 bridgehead atoms. The van der Waals surface area contributed by atoms with Crippen molar-refractivity contribution in [3.05, 3.63) is 29.8 Å². The van der Waals surface area contributed by atoms with Gasteiger partial charge in [0.2, 0.25) is 5.91 Å². The highest BCUT2D eigenvalue weighted by Gasteiger charge is 2.11. The Hall–Kier alpha value is -1.39. The number of carbonyl (C=O) groups is 1. The van der Waals surface area contributed by atoms with E-state index < -0.39 is 0 Å². The van der Waals surface area contributed by atoms with Crippen molar-refractivity contribution in [2.75, 3.05) is 31.6 Å². The minimum atomic E-state index is -0.103. The van der Waals surface area contributed by atoms with Crippen LogP contribution in [-0.2, 0) is 16.1 Å². The zero-order valence-corrected chi connectivity index (χ0v) is 11.5. The lowest BCUT2D eigenvalue weighted by Crippen LogP contribution is -2.19. The quantitative estimate of drug-likeness (QED) is 0.855. The van der Waals surface area contributed by atoms with Crippen LogP contribution in [0.15, 0.2) is 24.3 Å². The number of ether oxygens (including phenoxy) is 1. The Bertz CT molecular complexity index is 397. The summed E-state index contributed by atoms with van der Waals surface area (Å²) in [7, 11) is 0. The molecule has 0 saturated carbocycles. The summed E-state index contributed by atoms with van der Waals surface area (Å²) in [6, 6.07) is 8.06. The summed E-state index contributed by atoms with van der Waals surface area (Å²) in [6.07, 6.45) is 2.62. The molecular formula is C15H22N2O2. The summed E-state index contributed by atoms with van der Waals surface area (Å²) < 4.78 is 5.06. The predicted octanol–water partition coefficient (Wildman–Crippen LogP) is 2.26. The van der Waals surface area contributed by atoms with Gasteiger partial charge in [0.1, 0.15) is 6.61 Å². The minimum Gasteiger partial charge on any atom is -0.372 e. The number of benzene rings is 1. The molecule has 1 heterocycles. The van der Waals surface area contributed by atoms with E-state index in [1.807, 2.05) is 19.1 Å². The Labute approximate surface area is 114 Å². The second-order valence-electron chi connectivity index (χ2n) is 4.87. The van der Waals surface area contributed by atoms with Crippen LogP contribution in [0.2, 0.25) is 0 Å². The molecule has 4 heteroatoms. The molecule has 1 aromatic carbocycles. The number of hydrogen-bond acceptors (Lipinski definition) is 3. The van der Waals surface area contributed by atoms with Gasteiger partial charge in [-0.05, 0) is 50.6 Å². The van der Waals surface area contributed by atoms with Crippen LogP contribution in [0, 0.1) is 0 Å². The Kier molecular flexibility index (Phi) is 5.36. The van der Waals surface area contributed by atoms with E-state index in [0.29, 0.717) is 6.61 Å². The largest absolute Gasteiger partial charge is 0.372 e. The van der Waals surface area contributed by atoms with Crippen molar-refractivity contribution in [3.63, 3.8) is 0 Å². The molecule has 1 aliphatic rings. The van der Waals surface area contributed by atoms with E-state index in [-0.39, 0.29) is 12.5 Å². The average Bonchev–Trinajstić information content (AvgIpc) is 2.91. The van der Waals surface area contributed by atoms with Crippen molar-refractivity contribution < 1.29 is 9.53 Å². The first-order chi connectivity index (χ1) is 9.28. The standard InChI is InChI=1S/C15H22N2O2/c1-2-19-12-15(18)16-14-7-5-13(6-8-14)11-17-9-3-4-10-17/h5-8H,2-4,9-12H2,1H3,(H,16,18). The Morgan fingerprint density at radius 3 is 2.58 bits per heavy atom. The lowest BCUT2D eigenvalue weighted by atomic mass is 10.2. The normalized spacial score (nSPS) is 15.6. The molecule has 104 valence electrons. The summed E-state index contributed by atoms with van der Waals surface area (Å²) in [5.41, 5.74) is 2.12. The number of likely N-dealkylation sites (tertiary alicyclic amines) is 1. The summed E-state index contributed by atoms with van der Waals surface area (Å²) in [6.45, 7) is 5.96. The van der Waals surface area contributed by atoms with Crippen LogP contribution in [0.1, 0.15) is 25.3 Å². The maximum Gasteiger partial charge on any atom is 0.250 e. The third-order valence-corrected chi connectivity index (χ3v) is 3.28. The maximum absolute atomic E-state index is 11.5. The molecule has 1 fully saturated rings. The Balaban J connectivity index is 1.82. The van der Waals surface area contributed by atoms with E-state index >= 15 is 0 Å². The van der Waals surface area contributed by atoms with Crippen molar-refractivity contribution in [3.8, 4) is 0 Å².